The van der Waals surface area contributed by atoms with E-state index >= 15 is 0 Å². The second-order valence-electron chi connectivity index (χ2n) is 4.29. The minimum absolute atomic E-state index is 0.739. The fourth-order valence-electron chi connectivity index (χ4n) is 1.97. The largest absolute Gasteiger partial charge is 0.265 e. The second-order valence-corrected chi connectivity index (χ2v) is 4.29. The highest BCUT2D eigenvalue weighted by atomic mass is 15.3. The molecule has 0 N–H and O–H groups in total. The highest BCUT2D eigenvalue weighted by Gasteiger charge is 2.12. The highest BCUT2D eigenvalue weighted by Crippen LogP contribution is 2.21. The van der Waals surface area contributed by atoms with Crippen molar-refractivity contribution in [2.45, 2.75) is 13.8 Å². The van der Waals surface area contributed by atoms with Gasteiger partial charge in [-0.15, -0.1) is 0 Å². The van der Waals surface area contributed by atoms with Gasteiger partial charge in [0.15, 0.2) is 5.82 Å². The number of aromatic nitrogens is 5. The predicted octanol–water partition coefficient (Wildman–Crippen LogP) is 2.34. The van der Waals surface area contributed by atoms with E-state index in [0.29, 0.717) is 0 Å². The first-order chi connectivity index (χ1) is 9.25. The Hall–Kier alpha value is -2.56. The third kappa shape index (κ3) is 2.10. The summed E-state index contributed by atoms with van der Waals surface area (Å²) in [6.45, 7) is 3.90. The zero-order valence-electron chi connectivity index (χ0n) is 10.8. The van der Waals surface area contributed by atoms with Crippen LogP contribution in [-0.2, 0) is 0 Å². The molecular formula is C14H13N5. The molecule has 0 amide bonds. The number of nitrogens with zero attached hydrogens (tertiary/aromatic N) is 5. The van der Waals surface area contributed by atoms with Gasteiger partial charge in [-0.3, -0.25) is 9.97 Å². The van der Waals surface area contributed by atoms with Crippen LogP contribution in [0.2, 0.25) is 0 Å². The molecule has 0 aliphatic rings. The summed E-state index contributed by atoms with van der Waals surface area (Å²) in [5, 5.41) is 4.48. The van der Waals surface area contributed by atoms with E-state index in [0.717, 1.165) is 28.5 Å². The van der Waals surface area contributed by atoms with Gasteiger partial charge in [0, 0.05) is 30.4 Å². The van der Waals surface area contributed by atoms with Gasteiger partial charge in [-0.2, -0.15) is 5.10 Å². The number of hydrogen-bond acceptors (Lipinski definition) is 4. The Balaban J connectivity index is 2.21. The molecule has 0 bridgehead atoms. The van der Waals surface area contributed by atoms with Crippen molar-refractivity contribution in [2.24, 2.45) is 0 Å². The van der Waals surface area contributed by atoms with Gasteiger partial charge in [0.1, 0.15) is 5.82 Å². The number of aryl methyl sites for hydroxylation is 2. The number of hydrogen-bond donors (Lipinski definition) is 0. The average molecular weight is 251 g/mol. The van der Waals surface area contributed by atoms with Crippen molar-refractivity contribution in [3.63, 3.8) is 0 Å². The van der Waals surface area contributed by atoms with E-state index in [9.17, 15) is 0 Å². The van der Waals surface area contributed by atoms with Crippen molar-refractivity contribution >= 4 is 0 Å². The zero-order valence-corrected chi connectivity index (χ0v) is 10.8. The molecule has 5 nitrogen and oxygen atoms in total. The molecule has 0 atom stereocenters. The van der Waals surface area contributed by atoms with Gasteiger partial charge in [-0.25, -0.2) is 9.67 Å². The monoisotopic (exact) mass is 251 g/mol. The summed E-state index contributed by atoms with van der Waals surface area (Å²) >= 11 is 0. The number of pyridine rings is 2. The van der Waals surface area contributed by atoms with Crippen LogP contribution in [0.25, 0.3) is 17.1 Å². The molecule has 0 unspecified atom stereocenters. The smallest absolute Gasteiger partial charge is 0.163 e. The van der Waals surface area contributed by atoms with Crippen molar-refractivity contribution in [1.29, 1.82) is 0 Å². The molecule has 19 heavy (non-hydrogen) atoms. The van der Waals surface area contributed by atoms with Crippen LogP contribution in [0.3, 0.4) is 0 Å². The Morgan fingerprint density at radius 2 is 1.68 bits per heavy atom. The van der Waals surface area contributed by atoms with Gasteiger partial charge in [-0.1, -0.05) is 0 Å². The molecule has 0 saturated heterocycles. The molecular weight excluding hydrogens is 238 g/mol. The third-order valence-electron chi connectivity index (χ3n) is 2.87. The Bertz CT molecular complexity index is 703. The minimum atomic E-state index is 0.739. The van der Waals surface area contributed by atoms with Crippen molar-refractivity contribution in [3.8, 4) is 17.1 Å². The molecule has 0 radical (unpaired) electrons. The lowest BCUT2D eigenvalue weighted by atomic mass is 10.2. The van der Waals surface area contributed by atoms with E-state index in [-0.39, 0.29) is 0 Å². The summed E-state index contributed by atoms with van der Waals surface area (Å²) in [4.78, 5) is 12.6. The first-order valence-electron chi connectivity index (χ1n) is 6.01. The summed E-state index contributed by atoms with van der Waals surface area (Å²) in [6, 6.07) is 5.79. The van der Waals surface area contributed by atoms with Crippen molar-refractivity contribution in [1.82, 2.24) is 24.7 Å². The Morgan fingerprint density at radius 3 is 2.42 bits per heavy atom. The highest BCUT2D eigenvalue weighted by molar-refractivity contribution is 5.57. The molecule has 3 rings (SSSR count). The summed E-state index contributed by atoms with van der Waals surface area (Å²) < 4.78 is 1.85. The van der Waals surface area contributed by atoms with Crippen LogP contribution in [0.1, 0.15) is 11.4 Å². The first kappa shape index (κ1) is 11.5. The Morgan fingerprint density at radius 1 is 0.947 bits per heavy atom. The third-order valence-corrected chi connectivity index (χ3v) is 2.87. The molecule has 3 heterocycles. The molecule has 3 aromatic rings. The second kappa shape index (κ2) is 4.61. The van der Waals surface area contributed by atoms with E-state index in [1.165, 1.54) is 0 Å². The van der Waals surface area contributed by atoms with E-state index in [1.54, 1.807) is 18.6 Å². The van der Waals surface area contributed by atoms with Crippen LogP contribution in [0, 0.1) is 13.8 Å². The van der Waals surface area contributed by atoms with Gasteiger partial charge in [0.25, 0.3) is 0 Å². The molecule has 3 aromatic heterocycles. The van der Waals surface area contributed by atoms with Crippen LogP contribution < -0.4 is 0 Å². The lowest BCUT2D eigenvalue weighted by molar-refractivity contribution is 0.859. The van der Waals surface area contributed by atoms with Gasteiger partial charge in [0.05, 0.1) is 5.69 Å². The van der Waals surface area contributed by atoms with E-state index in [4.69, 9.17) is 0 Å². The normalized spacial score (nSPS) is 10.6. The van der Waals surface area contributed by atoms with Crippen LogP contribution in [-0.4, -0.2) is 24.7 Å². The molecule has 0 saturated carbocycles. The molecule has 0 aromatic carbocycles. The quantitative estimate of drug-likeness (QED) is 0.701. The Labute approximate surface area is 111 Å². The predicted molar refractivity (Wildman–Crippen MR) is 71.9 cm³/mol. The lowest BCUT2D eigenvalue weighted by Crippen LogP contribution is -2.02. The average Bonchev–Trinajstić information content (AvgIpc) is 2.82. The van der Waals surface area contributed by atoms with Crippen molar-refractivity contribution in [3.05, 3.63) is 54.4 Å². The molecule has 0 spiro atoms. The Kier molecular flexibility index (Phi) is 2.79. The van der Waals surface area contributed by atoms with Crippen LogP contribution in [0.4, 0.5) is 0 Å². The molecule has 0 aliphatic heterocycles. The zero-order chi connectivity index (χ0) is 13.2. The summed E-state index contributed by atoms with van der Waals surface area (Å²) in [6.07, 6.45) is 7.09. The maximum absolute atomic E-state index is 4.50. The maximum Gasteiger partial charge on any atom is 0.163 e. The van der Waals surface area contributed by atoms with Gasteiger partial charge >= 0.3 is 0 Å². The number of rotatable bonds is 2. The van der Waals surface area contributed by atoms with E-state index in [2.05, 4.69) is 20.1 Å². The van der Waals surface area contributed by atoms with E-state index < -0.39 is 0 Å². The van der Waals surface area contributed by atoms with E-state index in [1.807, 2.05) is 42.9 Å². The minimum Gasteiger partial charge on any atom is -0.265 e. The fourth-order valence-corrected chi connectivity index (χ4v) is 1.97. The molecule has 5 heteroatoms. The van der Waals surface area contributed by atoms with Crippen LogP contribution in [0.5, 0.6) is 0 Å². The summed E-state index contributed by atoms with van der Waals surface area (Å²) in [7, 11) is 0. The molecule has 0 fully saturated rings. The first-order valence-corrected chi connectivity index (χ1v) is 6.01. The van der Waals surface area contributed by atoms with Crippen LogP contribution >= 0.6 is 0 Å². The molecule has 94 valence electrons. The fraction of sp³-hybridized carbons (Fsp3) is 0.143. The van der Waals surface area contributed by atoms with Gasteiger partial charge in [0.2, 0.25) is 0 Å². The summed E-state index contributed by atoms with van der Waals surface area (Å²) in [5.74, 6) is 1.55. The topological polar surface area (TPSA) is 56.5 Å². The van der Waals surface area contributed by atoms with Gasteiger partial charge < -0.3 is 0 Å². The molecule has 0 aliphatic carbocycles. The van der Waals surface area contributed by atoms with Crippen LogP contribution in [0.15, 0.2) is 43.0 Å². The maximum atomic E-state index is 4.50. The SMILES string of the molecule is Cc1nc(-c2ccncc2)n(-c2ccncc2C)n1. The van der Waals surface area contributed by atoms with Gasteiger partial charge in [-0.05, 0) is 37.6 Å². The van der Waals surface area contributed by atoms with Crippen molar-refractivity contribution in [2.75, 3.05) is 0 Å². The lowest BCUT2D eigenvalue weighted by Gasteiger charge is -2.08. The van der Waals surface area contributed by atoms with Crippen molar-refractivity contribution < 1.29 is 0 Å². The summed E-state index contributed by atoms with van der Waals surface area (Å²) in [5.41, 5.74) is 3.04. The standard InChI is InChI=1S/C14H13N5/c1-10-9-16-8-5-13(10)19-14(17-11(2)18-19)12-3-6-15-7-4-12/h3-9H,1-2H3.